The number of nitrogens with one attached hydrogen (secondary N) is 1. The second-order valence-corrected chi connectivity index (χ2v) is 7.44. The molecule has 0 bridgehead atoms. The van der Waals surface area contributed by atoms with Crippen LogP contribution in [0, 0.1) is 0 Å². The highest BCUT2D eigenvalue weighted by atomic mass is 35.5. The topological polar surface area (TPSA) is 50.8 Å². The predicted octanol–water partition coefficient (Wildman–Crippen LogP) is 4.38. The van der Waals surface area contributed by atoms with Crippen LogP contribution in [0.1, 0.15) is 35.3 Å². The summed E-state index contributed by atoms with van der Waals surface area (Å²) in [7, 11) is 3.63. The molecule has 27 heavy (non-hydrogen) atoms. The highest BCUT2D eigenvalue weighted by molar-refractivity contribution is 6.32. The molecule has 1 N–H and O–H groups in total. The van der Waals surface area contributed by atoms with Crippen molar-refractivity contribution in [1.82, 2.24) is 4.90 Å². The standard InChI is InChI=1S/C21H25ClN2O3/c1-13(2)27-20-11-19(26-4)16(10-17(20)22)21(25)23-18-7-5-6-14-12-24(3)9-8-15(14)18/h5-7,10-11,13H,8-9,12H2,1-4H3,(H,23,25). The summed E-state index contributed by atoms with van der Waals surface area (Å²) in [6.45, 7) is 5.69. The normalized spacial score (nSPS) is 14.0. The Balaban J connectivity index is 1.89. The van der Waals surface area contributed by atoms with Crippen LogP contribution in [0.5, 0.6) is 11.5 Å². The minimum absolute atomic E-state index is 0.0270. The molecule has 1 aliphatic heterocycles. The van der Waals surface area contributed by atoms with Crippen molar-refractivity contribution < 1.29 is 14.3 Å². The Bertz CT molecular complexity index is 852. The van der Waals surface area contributed by atoms with Crippen molar-refractivity contribution in [1.29, 1.82) is 0 Å². The second kappa shape index (κ2) is 8.19. The smallest absolute Gasteiger partial charge is 0.259 e. The van der Waals surface area contributed by atoms with Crippen LogP contribution in [0.3, 0.4) is 0 Å². The molecule has 0 spiro atoms. The van der Waals surface area contributed by atoms with Crippen molar-refractivity contribution in [3.63, 3.8) is 0 Å². The number of likely N-dealkylation sites (N-methyl/N-ethyl adjacent to an activating group) is 1. The zero-order chi connectivity index (χ0) is 19.6. The van der Waals surface area contributed by atoms with E-state index in [-0.39, 0.29) is 12.0 Å². The van der Waals surface area contributed by atoms with Crippen LogP contribution in [0.2, 0.25) is 5.02 Å². The number of amides is 1. The summed E-state index contributed by atoms with van der Waals surface area (Å²) in [4.78, 5) is 15.2. The lowest BCUT2D eigenvalue weighted by Gasteiger charge is -2.27. The van der Waals surface area contributed by atoms with Gasteiger partial charge in [-0.3, -0.25) is 4.79 Å². The second-order valence-electron chi connectivity index (χ2n) is 7.03. The molecule has 0 aliphatic carbocycles. The number of methoxy groups -OCH3 is 1. The number of hydrogen-bond donors (Lipinski definition) is 1. The molecule has 0 unspecified atom stereocenters. The molecule has 0 saturated carbocycles. The molecule has 144 valence electrons. The molecule has 6 heteroatoms. The molecule has 0 atom stereocenters. The highest BCUT2D eigenvalue weighted by Crippen LogP contribution is 2.34. The van der Waals surface area contributed by atoms with Crippen molar-refractivity contribution in [2.24, 2.45) is 0 Å². The van der Waals surface area contributed by atoms with E-state index in [9.17, 15) is 4.79 Å². The summed E-state index contributed by atoms with van der Waals surface area (Å²) in [5, 5.41) is 3.41. The van der Waals surface area contributed by atoms with Crippen LogP contribution >= 0.6 is 11.6 Å². The summed E-state index contributed by atoms with van der Waals surface area (Å²) in [5.41, 5.74) is 3.65. The fourth-order valence-corrected chi connectivity index (χ4v) is 3.49. The number of halogens is 1. The number of fused-ring (bicyclic) bond motifs is 1. The maximum Gasteiger partial charge on any atom is 0.259 e. The van der Waals surface area contributed by atoms with Crippen LogP contribution in [-0.4, -0.2) is 37.6 Å². The van der Waals surface area contributed by atoms with Gasteiger partial charge in [-0.15, -0.1) is 0 Å². The summed E-state index contributed by atoms with van der Waals surface area (Å²) in [6, 6.07) is 9.27. The predicted molar refractivity (Wildman–Crippen MR) is 108 cm³/mol. The SMILES string of the molecule is COc1cc(OC(C)C)c(Cl)cc1C(=O)Nc1cccc2c1CCN(C)C2. The maximum atomic E-state index is 12.9. The van der Waals surface area contributed by atoms with Crippen molar-refractivity contribution in [3.05, 3.63) is 52.0 Å². The van der Waals surface area contributed by atoms with Gasteiger partial charge in [-0.25, -0.2) is 0 Å². The zero-order valence-corrected chi connectivity index (χ0v) is 16.9. The van der Waals surface area contributed by atoms with E-state index in [0.29, 0.717) is 22.1 Å². The average molecular weight is 389 g/mol. The first-order valence-electron chi connectivity index (χ1n) is 9.04. The minimum Gasteiger partial charge on any atom is -0.496 e. The van der Waals surface area contributed by atoms with Gasteiger partial charge in [-0.05, 0) is 50.6 Å². The van der Waals surface area contributed by atoms with Crippen LogP contribution in [-0.2, 0) is 13.0 Å². The first kappa shape index (κ1) is 19.5. The lowest BCUT2D eigenvalue weighted by molar-refractivity contribution is 0.102. The number of carbonyl (C=O) groups is 1. The van der Waals surface area contributed by atoms with Crippen LogP contribution < -0.4 is 14.8 Å². The average Bonchev–Trinajstić information content (AvgIpc) is 2.62. The van der Waals surface area contributed by atoms with Gasteiger partial charge in [0.05, 0.1) is 23.8 Å². The molecule has 1 aliphatic rings. The number of rotatable bonds is 5. The van der Waals surface area contributed by atoms with E-state index in [1.54, 1.807) is 12.1 Å². The molecular weight excluding hydrogens is 364 g/mol. The maximum absolute atomic E-state index is 12.9. The number of ether oxygens (including phenoxy) is 2. The van der Waals surface area contributed by atoms with Crippen molar-refractivity contribution >= 4 is 23.2 Å². The molecule has 1 heterocycles. The molecule has 2 aromatic rings. The summed E-state index contributed by atoms with van der Waals surface area (Å²) < 4.78 is 11.1. The Morgan fingerprint density at radius 3 is 2.74 bits per heavy atom. The van der Waals surface area contributed by atoms with E-state index in [1.165, 1.54) is 18.2 Å². The quantitative estimate of drug-likeness (QED) is 0.826. The zero-order valence-electron chi connectivity index (χ0n) is 16.1. The lowest BCUT2D eigenvalue weighted by Crippen LogP contribution is -2.27. The van der Waals surface area contributed by atoms with Gasteiger partial charge in [0.2, 0.25) is 0 Å². The van der Waals surface area contributed by atoms with Gasteiger partial charge in [-0.1, -0.05) is 23.7 Å². The first-order valence-corrected chi connectivity index (χ1v) is 9.41. The minimum atomic E-state index is -0.253. The van der Waals surface area contributed by atoms with E-state index in [4.69, 9.17) is 21.1 Å². The molecule has 5 nitrogen and oxygen atoms in total. The van der Waals surface area contributed by atoms with Gasteiger partial charge in [0.15, 0.2) is 0 Å². The van der Waals surface area contributed by atoms with Crippen LogP contribution in [0.15, 0.2) is 30.3 Å². The van der Waals surface area contributed by atoms with Crippen molar-refractivity contribution in [2.75, 3.05) is 26.0 Å². The van der Waals surface area contributed by atoms with Gasteiger partial charge < -0.3 is 19.7 Å². The first-order chi connectivity index (χ1) is 12.9. The molecule has 0 saturated heterocycles. The Morgan fingerprint density at radius 1 is 1.26 bits per heavy atom. The Hall–Kier alpha value is -2.24. The molecule has 0 fully saturated rings. The third kappa shape index (κ3) is 4.37. The van der Waals surface area contributed by atoms with Gasteiger partial charge >= 0.3 is 0 Å². The van der Waals surface area contributed by atoms with Gasteiger partial charge in [0, 0.05) is 24.8 Å². The molecule has 1 amide bonds. The third-order valence-corrected chi connectivity index (χ3v) is 4.86. The van der Waals surface area contributed by atoms with E-state index in [0.717, 1.165) is 25.2 Å². The summed E-state index contributed by atoms with van der Waals surface area (Å²) in [6.07, 6.45) is 0.877. The number of hydrogen-bond acceptors (Lipinski definition) is 4. The van der Waals surface area contributed by atoms with E-state index >= 15 is 0 Å². The number of benzene rings is 2. The molecule has 0 aromatic heterocycles. The molecule has 2 aromatic carbocycles. The summed E-state index contributed by atoms with van der Waals surface area (Å²) in [5.74, 6) is 0.675. The third-order valence-electron chi connectivity index (χ3n) is 4.57. The van der Waals surface area contributed by atoms with Gasteiger partial charge in [0.1, 0.15) is 11.5 Å². The molecule has 3 rings (SSSR count). The van der Waals surface area contributed by atoms with Crippen molar-refractivity contribution in [2.45, 2.75) is 32.9 Å². The summed E-state index contributed by atoms with van der Waals surface area (Å²) >= 11 is 6.31. The number of nitrogens with zero attached hydrogens (tertiary/aromatic N) is 1. The van der Waals surface area contributed by atoms with E-state index in [2.05, 4.69) is 23.3 Å². The Labute approximate surface area is 165 Å². The van der Waals surface area contributed by atoms with E-state index < -0.39 is 0 Å². The largest absolute Gasteiger partial charge is 0.496 e. The fraction of sp³-hybridized carbons (Fsp3) is 0.381. The van der Waals surface area contributed by atoms with E-state index in [1.807, 2.05) is 26.0 Å². The van der Waals surface area contributed by atoms with Gasteiger partial charge in [0.25, 0.3) is 5.91 Å². The lowest BCUT2D eigenvalue weighted by atomic mass is 9.98. The number of anilines is 1. The van der Waals surface area contributed by atoms with Crippen LogP contribution in [0.25, 0.3) is 0 Å². The monoisotopic (exact) mass is 388 g/mol. The fourth-order valence-electron chi connectivity index (χ4n) is 3.28. The van der Waals surface area contributed by atoms with Crippen molar-refractivity contribution in [3.8, 4) is 11.5 Å². The van der Waals surface area contributed by atoms with Crippen LogP contribution in [0.4, 0.5) is 5.69 Å². The molecule has 0 radical (unpaired) electrons. The Morgan fingerprint density at radius 2 is 2.04 bits per heavy atom. The molecular formula is C21H25ClN2O3. The highest BCUT2D eigenvalue weighted by Gasteiger charge is 2.21. The Kier molecular flexibility index (Phi) is 5.92. The number of carbonyl (C=O) groups excluding carboxylic acids is 1. The van der Waals surface area contributed by atoms with Gasteiger partial charge in [-0.2, -0.15) is 0 Å².